The van der Waals surface area contributed by atoms with E-state index in [0.29, 0.717) is 12.5 Å². The standard InChI is InChI=1S/C9H16N2OS/c1-5-12-8(6(2)3)9-10-7(4)13-11-9/h6,8H,5H2,1-4H3/t8-/m0/s1. The van der Waals surface area contributed by atoms with E-state index in [2.05, 4.69) is 23.2 Å². The van der Waals surface area contributed by atoms with Gasteiger partial charge in [0.2, 0.25) is 0 Å². The number of nitrogens with zero attached hydrogens (tertiary/aromatic N) is 2. The third-order valence-corrected chi connectivity index (χ3v) is 2.38. The summed E-state index contributed by atoms with van der Waals surface area (Å²) in [5.74, 6) is 1.26. The first-order valence-electron chi connectivity index (χ1n) is 4.57. The minimum atomic E-state index is 0.0509. The molecule has 0 unspecified atom stereocenters. The summed E-state index contributed by atoms with van der Waals surface area (Å²) < 4.78 is 9.85. The van der Waals surface area contributed by atoms with Crippen molar-refractivity contribution in [2.24, 2.45) is 5.92 Å². The van der Waals surface area contributed by atoms with E-state index in [1.165, 1.54) is 11.5 Å². The van der Waals surface area contributed by atoms with Crippen LogP contribution >= 0.6 is 11.5 Å². The van der Waals surface area contributed by atoms with Crippen LogP contribution in [0.25, 0.3) is 0 Å². The third kappa shape index (κ3) is 2.74. The smallest absolute Gasteiger partial charge is 0.171 e. The fourth-order valence-electron chi connectivity index (χ4n) is 1.18. The first-order valence-corrected chi connectivity index (χ1v) is 5.34. The van der Waals surface area contributed by atoms with Gasteiger partial charge in [-0.15, -0.1) is 0 Å². The molecule has 1 heterocycles. The third-order valence-electron chi connectivity index (χ3n) is 1.75. The molecule has 0 bridgehead atoms. The van der Waals surface area contributed by atoms with Crippen molar-refractivity contribution in [2.45, 2.75) is 33.8 Å². The number of hydrogen-bond acceptors (Lipinski definition) is 4. The minimum Gasteiger partial charge on any atom is -0.370 e. The van der Waals surface area contributed by atoms with Gasteiger partial charge in [0.25, 0.3) is 0 Å². The van der Waals surface area contributed by atoms with E-state index in [9.17, 15) is 0 Å². The Morgan fingerprint density at radius 2 is 2.15 bits per heavy atom. The van der Waals surface area contributed by atoms with Crippen molar-refractivity contribution in [1.82, 2.24) is 9.36 Å². The lowest BCUT2D eigenvalue weighted by atomic mass is 10.1. The summed E-state index contributed by atoms with van der Waals surface area (Å²) in [5.41, 5.74) is 0. The summed E-state index contributed by atoms with van der Waals surface area (Å²) in [4.78, 5) is 4.33. The summed E-state index contributed by atoms with van der Waals surface area (Å²) in [5, 5.41) is 1.00. The van der Waals surface area contributed by atoms with Gasteiger partial charge in [-0.05, 0) is 31.3 Å². The Balaban J connectivity index is 2.75. The molecule has 74 valence electrons. The molecule has 0 aliphatic heterocycles. The van der Waals surface area contributed by atoms with Crippen molar-refractivity contribution in [3.63, 3.8) is 0 Å². The lowest BCUT2D eigenvalue weighted by molar-refractivity contribution is 0.0240. The summed E-state index contributed by atoms with van der Waals surface area (Å²) in [6.07, 6.45) is 0.0509. The molecule has 0 saturated heterocycles. The molecule has 3 nitrogen and oxygen atoms in total. The predicted octanol–water partition coefficient (Wildman–Crippen LogP) is 2.58. The second-order valence-corrected chi connectivity index (χ2v) is 4.25. The number of aryl methyl sites for hydroxylation is 1. The van der Waals surface area contributed by atoms with Crippen LogP contribution in [0.1, 0.15) is 37.7 Å². The lowest BCUT2D eigenvalue weighted by Crippen LogP contribution is -2.12. The maximum absolute atomic E-state index is 5.58. The van der Waals surface area contributed by atoms with Crippen LogP contribution in [0.15, 0.2) is 0 Å². The van der Waals surface area contributed by atoms with Gasteiger partial charge < -0.3 is 4.74 Å². The van der Waals surface area contributed by atoms with Gasteiger partial charge in [-0.3, -0.25) is 0 Å². The second-order valence-electron chi connectivity index (χ2n) is 3.29. The molecule has 0 aromatic carbocycles. The molecule has 0 aliphatic rings. The van der Waals surface area contributed by atoms with Gasteiger partial charge >= 0.3 is 0 Å². The Kier molecular flexibility index (Phi) is 3.81. The number of ether oxygens (including phenoxy) is 1. The van der Waals surface area contributed by atoms with Crippen LogP contribution < -0.4 is 0 Å². The SMILES string of the molecule is CCO[C@H](c1nsc(C)n1)C(C)C. The highest BCUT2D eigenvalue weighted by molar-refractivity contribution is 7.05. The van der Waals surface area contributed by atoms with Gasteiger partial charge in [0.05, 0.1) is 0 Å². The summed E-state index contributed by atoms with van der Waals surface area (Å²) in [6, 6.07) is 0. The molecule has 1 rings (SSSR count). The van der Waals surface area contributed by atoms with Gasteiger partial charge in [-0.25, -0.2) is 4.98 Å². The Hall–Kier alpha value is -0.480. The number of aromatic nitrogens is 2. The molecule has 0 aliphatic carbocycles. The molecular weight excluding hydrogens is 184 g/mol. The fraction of sp³-hybridized carbons (Fsp3) is 0.778. The Morgan fingerprint density at radius 3 is 2.54 bits per heavy atom. The van der Waals surface area contributed by atoms with E-state index >= 15 is 0 Å². The Labute approximate surface area is 83.3 Å². The molecule has 1 atom stereocenters. The van der Waals surface area contributed by atoms with Crippen LogP contribution in [0.2, 0.25) is 0 Å². The van der Waals surface area contributed by atoms with Crippen LogP contribution in [0.5, 0.6) is 0 Å². The van der Waals surface area contributed by atoms with Crippen LogP contribution in [0.3, 0.4) is 0 Å². The molecule has 0 N–H and O–H groups in total. The molecule has 13 heavy (non-hydrogen) atoms. The average Bonchev–Trinajstić information content (AvgIpc) is 2.46. The van der Waals surface area contributed by atoms with Crippen LogP contribution in [0.4, 0.5) is 0 Å². The normalized spacial score (nSPS) is 13.6. The van der Waals surface area contributed by atoms with E-state index in [1.54, 1.807) is 0 Å². The van der Waals surface area contributed by atoms with E-state index in [1.807, 2.05) is 13.8 Å². The average molecular weight is 200 g/mol. The molecular formula is C9H16N2OS. The highest BCUT2D eigenvalue weighted by atomic mass is 32.1. The number of rotatable bonds is 4. The van der Waals surface area contributed by atoms with Gasteiger partial charge in [-0.2, -0.15) is 4.37 Å². The van der Waals surface area contributed by atoms with Crippen molar-refractivity contribution in [3.05, 3.63) is 10.8 Å². The van der Waals surface area contributed by atoms with Gasteiger partial charge in [0, 0.05) is 6.61 Å². The van der Waals surface area contributed by atoms with E-state index in [-0.39, 0.29) is 6.10 Å². The summed E-state index contributed by atoms with van der Waals surface area (Å²) in [7, 11) is 0. The zero-order chi connectivity index (χ0) is 9.84. The predicted molar refractivity (Wildman–Crippen MR) is 53.9 cm³/mol. The van der Waals surface area contributed by atoms with Gasteiger partial charge in [0.15, 0.2) is 5.82 Å². The molecule has 1 aromatic rings. The summed E-state index contributed by atoms with van der Waals surface area (Å²) >= 11 is 1.43. The van der Waals surface area contributed by atoms with Crippen molar-refractivity contribution < 1.29 is 4.74 Å². The number of hydrogen-bond donors (Lipinski definition) is 0. The zero-order valence-electron chi connectivity index (χ0n) is 8.57. The van der Waals surface area contributed by atoms with Gasteiger partial charge in [-0.1, -0.05) is 13.8 Å². The second kappa shape index (κ2) is 4.67. The van der Waals surface area contributed by atoms with Crippen LogP contribution in [-0.4, -0.2) is 16.0 Å². The zero-order valence-corrected chi connectivity index (χ0v) is 9.39. The highest BCUT2D eigenvalue weighted by Gasteiger charge is 2.19. The highest BCUT2D eigenvalue weighted by Crippen LogP contribution is 2.24. The Bertz CT molecular complexity index is 260. The van der Waals surface area contributed by atoms with E-state index in [0.717, 1.165) is 10.8 Å². The first kappa shape index (κ1) is 10.6. The molecule has 0 amide bonds. The largest absolute Gasteiger partial charge is 0.370 e. The quantitative estimate of drug-likeness (QED) is 0.749. The topological polar surface area (TPSA) is 35.0 Å². The Morgan fingerprint density at radius 1 is 1.46 bits per heavy atom. The minimum absolute atomic E-state index is 0.0509. The molecule has 0 saturated carbocycles. The van der Waals surface area contributed by atoms with E-state index < -0.39 is 0 Å². The molecule has 0 spiro atoms. The van der Waals surface area contributed by atoms with Crippen LogP contribution in [0, 0.1) is 12.8 Å². The first-order chi connectivity index (χ1) is 6.15. The van der Waals surface area contributed by atoms with Gasteiger partial charge in [0.1, 0.15) is 11.1 Å². The monoisotopic (exact) mass is 200 g/mol. The lowest BCUT2D eigenvalue weighted by Gasteiger charge is -2.17. The summed E-state index contributed by atoms with van der Waals surface area (Å²) in [6.45, 7) is 8.91. The van der Waals surface area contributed by atoms with Crippen molar-refractivity contribution >= 4 is 11.5 Å². The molecule has 1 aromatic heterocycles. The van der Waals surface area contributed by atoms with Crippen molar-refractivity contribution in [3.8, 4) is 0 Å². The van der Waals surface area contributed by atoms with Crippen LogP contribution in [-0.2, 0) is 4.74 Å². The molecule has 0 radical (unpaired) electrons. The maximum Gasteiger partial charge on any atom is 0.171 e. The van der Waals surface area contributed by atoms with Crippen molar-refractivity contribution in [1.29, 1.82) is 0 Å². The molecule has 0 fully saturated rings. The maximum atomic E-state index is 5.58. The molecule has 4 heteroatoms. The van der Waals surface area contributed by atoms with E-state index in [4.69, 9.17) is 4.74 Å². The fourth-order valence-corrected chi connectivity index (χ4v) is 1.68. The van der Waals surface area contributed by atoms with Crippen molar-refractivity contribution in [2.75, 3.05) is 6.61 Å².